The number of rotatable bonds is 10. The van der Waals surface area contributed by atoms with E-state index in [2.05, 4.69) is 15.0 Å². The Bertz CT molecular complexity index is 1350. The van der Waals surface area contributed by atoms with Crippen LogP contribution in [-0.2, 0) is 21.4 Å². The quantitative estimate of drug-likeness (QED) is 0.230. The second-order valence-electron chi connectivity index (χ2n) is 8.41. The molecule has 192 valence electrons. The molecule has 1 aromatic heterocycles. The highest BCUT2D eigenvalue weighted by molar-refractivity contribution is 7.89. The largest absolute Gasteiger partial charge is 0.495 e. The van der Waals surface area contributed by atoms with Gasteiger partial charge in [0.25, 0.3) is 5.91 Å². The summed E-state index contributed by atoms with van der Waals surface area (Å²) in [5, 5.41) is 12.0. The van der Waals surface area contributed by atoms with E-state index in [1.807, 2.05) is 13.8 Å². The molecule has 4 N–H and O–H groups in total. The number of aromatic nitrogens is 1. The van der Waals surface area contributed by atoms with Crippen molar-refractivity contribution < 1.29 is 28.0 Å². The summed E-state index contributed by atoms with van der Waals surface area (Å²) < 4.78 is 34.2. The number of sulfonamides is 1. The van der Waals surface area contributed by atoms with Crippen LogP contribution in [0.5, 0.6) is 5.75 Å². The van der Waals surface area contributed by atoms with Crippen molar-refractivity contribution in [2.24, 2.45) is 5.92 Å². The fourth-order valence-electron chi connectivity index (χ4n) is 3.38. The van der Waals surface area contributed by atoms with Crippen molar-refractivity contribution in [2.75, 3.05) is 12.4 Å². The number of carbonyl (C=O) groups is 2. The standard InChI is InChI=1S/C24H28N4O6S2/c1-14(2)11-21(29)27-24-26-15(3)22(35-24)18-9-10-19(34-4)20(12-18)36(32,33)25-13-16-5-7-17(8-6-16)23(30)28-31/h5-10,12,14,25,31H,11,13H2,1-4H3,(H,28,30)(H,26,27,29). The normalized spacial score (nSPS) is 11.4. The first kappa shape index (κ1) is 27.3. The minimum atomic E-state index is -3.98. The van der Waals surface area contributed by atoms with Gasteiger partial charge in [0.05, 0.1) is 17.7 Å². The van der Waals surface area contributed by atoms with E-state index in [-0.39, 0.29) is 34.6 Å². The number of hydrogen-bond acceptors (Lipinski definition) is 8. The lowest BCUT2D eigenvalue weighted by molar-refractivity contribution is -0.116. The van der Waals surface area contributed by atoms with Crippen LogP contribution in [0.4, 0.5) is 5.13 Å². The molecule has 0 fully saturated rings. The van der Waals surface area contributed by atoms with Gasteiger partial charge in [0.1, 0.15) is 10.6 Å². The van der Waals surface area contributed by atoms with Gasteiger partial charge in [-0.05, 0) is 54.3 Å². The van der Waals surface area contributed by atoms with E-state index in [1.165, 1.54) is 36.6 Å². The first-order valence-corrected chi connectivity index (χ1v) is 13.3. The number of amides is 2. The second-order valence-corrected chi connectivity index (χ2v) is 11.1. The highest BCUT2D eigenvalue weighted by Crippen LogP contribution is 2.36. The maximum absolute atomic E-state index is 13.2. The van der Waals surface area contributed by atoms with Crippen LogP contribution in [-0.4, -0.2) is 37.5 Å². The summed E-state index contributed by atoms with van der Waals surface area (Å²) >= 11 is 1.27. The molecule has 0 aliphatic rings. The number of carbonyl (C=O) groups excluding carboxylic acids is 2. The molecule has 0 aliphatic heterocycles. The minimum absolute atomic E-state index is 0.0254. The maximum Gasteiger partial charge on any atom is 0.274 e. The van der Waals surface area contributed by atoms with E-state index in [0.717, 1.165) is 4.88 Å². The molecule has 10 nitrogen and oxygen atoms in total. The van der Waals surface area contributed by atoms with Gasteiger partial charge in [-0.25, -0.2) is 23.6 Å². The summed E-state index contributed by atoms with van der Waals surface area (Å²) in [7, 11) is -2.59. The van der Waals surface area contributed by atoms with Crippen molar-refractivity contribution in [3.8, 4) is 16.2 Å². The Morgan fingerprint density at radius 2 is 1.83 bits per heavy atom. The monoisotopic (exact) mass is 532 g/mol. The third-order valence-electron chi connectivity index (χ3n) is 5.14. The summed E-state index contributed by atoms with van der Waals surface area (Å²) in [6.45, 7) is 5.68. The number of hydrogen-bond donors (Lipinski definition) is 4. The zero-order valence-corrected chi connectivity index (χ0v) is 21.9. The van der Waals surface area contributed by atoms with Crippen LogP contribution in [0.25, 0.3) is 10.4 Å². The Morgan fingerprint density at radius 3 is 2.44 bits per heavy atom. The van der Waals surface area contributed by atoms with Crippen LogP contribution >= 0.6 is 11.3 Å². The molecule has 12 heteroatoms. The lowest BCUT2D eigenvalue weighted by atomic mass is 10.1. The second kappa shape index (κ2) is 11.6. The van der Waals surface area contributed by atoms with Crippen LogP contribution in [0.3, 0.4) is 0 Å². The van der Waals surface area contributed by atoms with Gasteiger partial charge < -0.3 is 10.1 Å². The van der Waals surface area contributed by atoms with Gasteiger partial charge in [0.2, 0.25) is 15.9 Å². The van der Waals surface area contributed by atoms with Crippen molar-refractivity contribution in [2.45, 2.75) is 38.6 Å². The number of methoxy groups -OCH3 is 1. The number of nitrogens with zero attached hydrogens (tertiary/aromatic N) is 1. The summed E-state index contributed by atoms with van der Waals surface area (Å²) in [5.74, 6) is -0.401. The van der Waals surface area contributed by atoms with Gasteiger partial charge in [-0.15, -0.1) is 0 Å². The van der Waals surface area contributed by atoms with Crippen LogP contribution in [0.1, 0.15) is 41.9 Å². The molecule has 2 amide bonds. The first-order valence-electron chi connectivity index (χ1n) is 11.0. The number of ether oxygens (including phenoxy) is 1. The molecule has 0 radical (unpaired) electrons. The molecule has 3 aromatic rings. The lowest BCUT2D eigenvalue weighted by Crippen LogP contribution is -2.24. The molecule has 1 heterocycles. The van der Waals surface area contributed by atoms with Gasteiger partial charge in [-0.3, -0.25) is 14.8 Å². The smallest absolute Gasteiger partial charge is 0.274 e. The maximum atomic E-state index is 13.2. The fraction of sp³-hybridized carbons (Fsp3) is 0.292. The zero-order chi connectivity index (χ0) is 26.5. The van der Waals surface area contributed by atoms with Crippen molar-refractivity contribution >= 4 is 38.3 Å². The van der Waals surface area contributed by atoms with Gasteiger partial charge in [0, 0.05) is 18.5 Å². The van der Waals surface area contributed by atoms with Crippen molar-refractivity contribution in [3.63, 3.8) is 0 Å². The third kappa shape index (κ3) is 6.66. The summed E-state index contributed by atoms with van der Waals surface area (Å²) in [6.07, 6.45) is 0.377. The molecule has 36 heavy (non-hydrogen) atoms. The zero-order valence-electron chi connectivity index (χ0n) is 20.3. The van der Waals surface area contributed by atoms with Crippen LogP contribution < -0.4 is 20.3 Å². The molecular formula is C24H28N4O6S2. The summed E-state index contributed by atoms with van der Waals surface area (Å²) in [6, 6.07) is 10.9. The summed E-state index contributed by atoms with van der Waals surface area (Å²) in [5.41, 5.74) is 3.67. The minimum Gasteiger partial charge on any atom is -0.495 e. The molecule has 0 unspecified atom stereocenters. The number of benzene rings is 2. The van der Waals surface area contributed by atoms with Crippen molar-refractivity contribution in [1.29, 1.82) is 0 Å². The van der Waals surface area contributed by atoms with Gasteiger partial charge in [-0.2, -0.15) is 0 Å². The fourth-order valence-corrected chi connectivity index (χ4v) is 5.57. The molecule has 2 aromatic carbocycles. The topological polar surface area (TPSA) is 147 Å². The number of nitrogens with one attached hydrogen (secondary N) is 3. The first-order chi connectivity index (χ1) is 17.0. The summed E-state index contributed by atoms with van der Waals surface area (Å²) in [4.78, 5) is 28.7. The Labute approximate surface area is 213 Å². The lowest BCUT2D eigenvalue weighted by Gasteiger charge is -2.12. The van der Waals surface area contributed by atoms with E-state index >= 15 is 0 Å². The van der Waals surface area contributed by atoms with Crippen LogP contribution in [0.2, 0.25) is 0 Å². The SMILES string of the molecule is COc1ccc(-c2sc(NC(=O)CC(C)C)nc2C)cc1S(=O)(=O)NCc1ccc(C(=O)NO)cc1. The van der Waals surface area contributed by atoms with E-state index in [9.17, 15) is 18.0 Å². The predicted octanol–water partition coefficient (Wildman–Crippen LogP) is 3.71. The van der Waals surface area contributed by atoms with Gasteiger partial charge >= 0.3 is 0 Å². The molecule has 0 bridgehead atoms. The predicted molar refractivity (Wildman–Crippen MR) is 137 cm³/mol. The van der Waals surface area contributed by atoms with Crippen LogP contribution in [0.15, 0.2) is 47.4 Å². The van der Waals surface area contributed by atoms with E-state index in [1.54, 1.807) is 36.7 Å². The Balaban J connectivity index is 1.84. The number of hydroxylamine groups is 1. The molecule has 0 saturated carbocycles. The molecule has 0 atom stereocenters. The van der Waals surface area contributed by atoms with E-state index < -0.39 is 15.9 Å². The highest BCUT2D eigenvalue weighted by Gasteiger charge is 2.22. The number of aryl methyl sites for hydroxylation is 1. The van der Waals surface area contributed by atoms with E-state index in [0.29, 0.717) is 28.4 Å². The Kier molecular flexibility index (Phi) is 8.79. The highest BCUT2D eigenvalue weighted by atomic mass is 32.2. The number of thiazole rings is 1. The van der Waals surface area contributed by atoms with Gasteiger partial charge in [0.15, 0.2) is 5.13 Å². The molecule has 0 spiro atoms. The number of anilines is 1. The van der Waals surface area contributed by atoms with Crippen molar-refractivity contribution in [3.05, 3.63) is 59.3 Å². The Morgan fingerprint density at radius 1 is 1.14 bits per heavy atom. The average Bonchev–Trinajstić information content (AvgIpc) is 3.21. The van der Waals surface area contributed by atoms with Crippen molar-refractivity contribution in [1.82, 2.24) is 15.2 Å². The molecule has 3 rings (SSSR count). The Hall–Kier alpha value is -3.32. The molecular weight excluding hydrogens is 504 g/mol. The molecule has 0 saturated heterocycles. The average molecular weight is 533 g/mol. The molecule has 0 aliphatic carbocycles. The van der Waals surface area contributed by atoms with Gasteiger partial charge in [-0.1, -0.05) is 37.3 Å². The third-order valence-corrected chi connectivity index (χ3v) is 7.68. The van der Waals surface area contributed by atoms with Crippen LogP contribution in [0, 0.1) is 12.8 Å². The van der Waals surface area contributed by atoms with E-state index in [4.69, 9.17) is 9.94 Å².